The minimum absolute atomic E-state index is 0.0955. The molecule has 0 bridgehead atoms. The van der Waals surface area contributed by atoms with Crippen molar-refractivity contribution in [1.29, 1.82) is 0 Å². The van der Waals surface area contributed by atoms with Crippen molar-refractivity contribution < 1.29 is 19.2 Å². The molecule has 0 fully saturated rings. The number of carbonyl (C=O) groups excluding carboxylic acids is 2. The lowest BCUT2D eigenvalue weighted by molar-refractivity contribution is -0.385. The summed E-state index contributed by atoms with van der Waals surface area (Å²) in [6, 6.07) is 11.4. The number of nitro benzene ring substituents is 1. The largest absolute Gasteiger partial charge is 0.484 e. The third-order valence-corrected chi connectivity index (χ3v) is 5.10. The first-order valence-corrected chi connectivity index (χ1v) is 10.1. The van der Waals surface area contributed by atoms with E-state index >= 15 is 0 Å². The lowest BCUT2D eigenvalue weighted by Crippen LogP contribution is -2.25. The molecular weight excluding hydrogens is 482 g/mol. The Morgan fingerprint density at radius 2 is 2.03 bits per heavy atom. The highest BCUT2D eigenvalue weighted by Crippen LogP contribution is 2.25. The summed E-state index contributed by atoms with van der Waals surface area (Å²) in [7, 11) is 0. The number of hydrazone groups is 2. The molecule has 0 saturated heterocycles. The number of hydrogen-bond acceptors (Lipinski definition) is 7. The molecule has 10 nitrogen and oxygen atoms in total. The number of benzene rings is 2. The van der Waals surface area contributed by atoms with Crippen LogP contribution in [0.4, 0.5) is 5.69 Å². The molecule has 0 aliphatic carbocycles. The van der Waals surface area contributed by atoms with Gasteiger partial charge in [-0.15, -0.1) is 0 Å². The quantitative estimate of drug-likeness (QED) is 0.261. The molecular formula is C21H18BrN5O5. The van der Waals surface area contributed by atoms with E-state index in [1.807, 2.05) is 0 Å². The lowest BCUT2D eigenvalue weighted by atomic mass is 10.1. The molecule has 164 valence electrons. The third-order valence-electron chi connectivity index (χ3n) is 4.43. The summed E-state index contributed by atoms with van der Waals surface area (Å²) in [5.74, 6) is -0.280. The van der Waals surface area contributed by atoms with E-state index in [1.165, 1.54) is 6.07 Å². The van der Waals surface area contributed by atoms with Gasteiger partial charge in [-0.25, -0.2) is 10.9 Å². The van der Waals surface area contributed by atoms with E-state index in [0.29, 0.717) is 32.8 Å². The molecule has 1 aliphatic rings. The highest BCUT2D eigenvalue weighted by molar-refractivity contribution is 9.10. The van der Waals surface area contributed by atoms with Crippen LogP contribution >= 0.6 is 15.9 Å². The third kappa shape index (κ3) is 5.64. The molecule has 0 atom stereocenters. The van der Waals surface area contributed by atoms with Crippen molar-refractivity contribution >= 4 is 50.9 Å². The minimum Gasteiger partial charge on any atom is -0.484 e. The predicted octanol–water partition coefficient (Wildman–Crippen LogP) is 3.17. The van der Waals surface area contributed by atoms with E-state index in [9.17, 15) is 19.7 Å². The van der Waals surface area contributed by atoms with E-state index in [-0.39, 0.29) is 18.2 Å². The van der Waals surface area contributed by atoms with E-state index < -0.39 is 10.8 Å². The van der Waals surface area contributed by atoms with Crippen molar-refractivity contribution in [2.45, 2.75) is 13.8 Å². The normalized spacial score (nSPS) is 14.7. The van der Waals surface area contributed by atoms with Gasteiger partial charge in [0.05, 0.1) is 26.4 Å². The molecule has 1 heterocycles. The highest BCUT2D eigenvalue weighted by atomic mass is 79.9. The van der Waals surface area contributed by atoms with Crippen LogP contribution in [0.5, 0.6) is 5.75 Å². The Labute approximate surface area is 191 Å². The van der Waals surface area contributed by atoms with Crippen molar-refractivity contribution in [1.82, 2.24) is 10.9 Å². The maximum atomic E-state index is 12.0. The summed E-state index contributed by atoms with van der Waals surface area (Å²) in [6.07, 6.45) is 1.71. The zero-order chi connectivity index (χ0) is 23.3. The number of nitro groups is 1. The zero-order valence-corrected chi connectivity index (χ0v) is 18.7. The summed E-state index contributed by atoms with van der Waals surface area (Å²) < 4.78 is 5.79. The van der Waals surface area contributed by atoms with Gasteiger partial charge in [-0.3, -0.25) is 19.7 Å². The summed E-state index contributed by atoms with van der Waals surface area (Å²) in [5.41, 5.74) is 7.45. The van der Waals surface area contributed by atoms with Gasteiger partial charge in [-0.05, 0) is 59.6 Å². The molecule has 3 rings (SSSR count). The van der Waals surface area contributed by atoms with E-state index in [2.05, 4.69) is 37.0 Å². The Balaban J connectivity index is 1.55. The van der Waals surface area contributed by atoms with E-state index in [1.54, 1.807) is 56.3 Å². The Morgan fingerprint density at radius 1 is 1.31 bits per heavy atom. The standard InChI is InChI=1S/C21H18BrN5O5/c1-12(15-5-8-18(22)19(10-15)27(30)31)23-25-20(28)11-32-16-6-3-14(4-7-16)9-17-13(2)24-26-21(17)29/h3-10H,11H2,1-2H3,(H,25,28)(H,26,29)/b17-9-,23-12-. The molecule has 0 aromatic heterocycles. The van der Waals surface area contributed by atoms with Crippen molar-refractivity contribution in [3.63, 3.8) is 0 Å². The lowest BCUT2D eigenvalue weighted by Gasteiger charge is -2.07. The van der Waals surface area contributed by atoms with Gasteiger partial charge >= 0.3 is 0 Å². The van der Waals surface area contributed by atoms with Crippen LogP contribution in [0.1, 0.15) is 25.0 Å². The average Bonchev–Trinajstić information content (AvgIpc) is 3.09. The van der Waals surface area contributed by atoms with Gasteiger partial charge in [0.25, 0.3) is 17.5 Å². The SMILES string of the molecule is CC1=NNC(=O)/C1=C\c1ccc(OCC(=O)N/N=C(/C)c2ccc(Br)c([N+](=O)[O-])c2)cc1. The predicted molar refractivity (Wildman–Crippen MR) is 122 cm³/mol. The topological polar surface area (TPSA) is 135 Å². The van der Waals surface area contributed by atoms with Crippen LogP contribution < -0.4 is 15.6 Å². The highest BCUT2D eigenvalue weighted by Gasteiger charge is 2.18. The molecule has 1 aliphatic heterocycles. The van der Waals surface area contributed by atoms with Gasteiger partial charge < -0.3 is 4.74 Å². The number of carbonyl (C=O) groups is 2. The number of hydrogen-bond donors (Lipinski definition) is 2. The molecule has 32 heavy (non-hydrogen) atoms. The van der Waals surface area contributed by atoms with Crippen LogP contribution in [0.2, 0.25) is 0 Å². The number of amides is 2. The number of nitrogens with one attached hydrogen (secondary N) is 2. The molecule has 0 spiro atoms. The van der Waals surface area contributed by atoms with Crippen molar-refractivity contribution in [2.75, 3.05) is 6.61 Å². The van der Waals surface area contributed by atoms with Gasteiger partial charge in [0.1, 0.15) is 5.75 Å². The summed E-state index contributed by atoms with van der Waals surface area (Å²) in [4.78, 5) is 34.2. The molecule has 0 saturated carbocycles. The maximum absolute atomic E-state index is 12.0. The monoisotopic (exact) mass is 499 g/mol. The molecule has 0 radical (unpaired) electrons. The summed E-state index contributed by atoms with van der Waals surface area (Å²) >= 11 is 3.12. The molecule has 2 aromatic rings. The van der Waals surface area contributed by atoms with Gasteiger partial charge in [0.2, 0.25) is 0 Å². The molecule has 2 N–H and O–H groups in total. The van der Waals surface area contributed by atoms with Crippen LogP contribution in [0.25, 0.3) is 6.08 Å². The van der Waals surface area contributed by atoms with Crippen LogP contribution in [0.15, 0.2) is 62.7 Å². The first-order valence-electron chi connectivity index (χ1n) is 9.31. The van der Waals surface area contributed by atoms with Crippen LogP contribution in [-0.2, 0) is 9.59 Å². The second-order valence-corrected chi connectivity index (χ2v) is 7.56. The number of halogens is 1. The van der Waals surface area contributed by atoms with Gasteiger partial charge in [-0.2, -0.15) is 10.2 Å². The van der Waals surface area contributed by atoms with E-state index in [4.69, 9.17) is 4.74 Å². The first-order chi connectivity index (χ1) is 15.2. The second kappa shape index (κ2) is 9.96. The van der Waals surface area contributed by atoms with Gasteiger partial charge in [0.15, 0.2) is 6.61 Å². The Hall–Kier alpha value is -3.86. The Bertz CT molecular complexity index is 1170. The summed E-state index contributed by atoms with van der Waals surface area (Å²) in [5, 5.41) is 18.9. The van der Waals surface area contributed by atoms with Crippen LogP contribution in [0, 0.1) is 10.1 Å². The van der Waals surface area contributed by atoms with Gasteiger partial charge in [0, 0.05) is 11.6 Å². The fourth-order valence-electron chi connectivity index (χ4n) is 2.69. The van der Waals surface area contributed by atoms with Crippen molar-refractivity contribution in [3.05, 3.63) is 73.8 Å². The second-order valence-electron chi connectivity index (χ2n) is 6.71. The fourth-order valence-corrected chi connectivity index (χ4v) is 3.08. The average molecular weight is 500 g/mol. The van der Waals surface area contributed by atoms with Crippen molar-refractivity contribution in [3.8, 4) is 5.75 Å². The van der Waals surface area contributed by atoms with E-state index in [0.717, 1.165) is 5.56 Å². The Morgan fingerprint density at radius 3 is 2.66 bits per heavy atom. The number of nitrogens with zero attached hydrogens (tertiary/aromatic N) is 3. The maximum Gasteiger partial charge on any atom is 0.284 e. The minimum atomic E-state index is -0.508. The molecule has 0 unspecified atom stereocenters. The fraction of sp³-hybridized carbons (Fsp3) is 0.143. The Kier molecular flexibility index (Phi) is 7.11. The smallest absolute Gasteiger partial charge is 0.284 e. The van der Waals surface area contributed by atoms with Crippen molar-refractivity contribution in [2.24, 2.45) is 10.2 Å². The summed E-state index contributed by atoms with van der Waals surface area (Å²) in [6.45, 7) is 3.09. The van der Waals surface area contributed by atoms with Gasteiger partial charge in [-0.1, -0.05) is 18.2 Å². The number of ether oxygens (including phenoxy) is 1. The first kappa shape index (κ1) is 22.8. The zero-order valence-electron chi connectivity index (χ0n) is 17.1. The molecule has 2 aromatic carbocycles. The molecule has 11 heteroatoms. The number of rotatable bonds is 7. The van der Waals surface area contributed by atoms with Crippen LogP contribution in [0.3, 0.4) is 0 Å². The van der Waals surface area contributed by atoms with Crippen LogP contribution in [-0.4, -0.2) is 34.8 Å². The molecule has 2 amide bonds.